The van der Waals surface area contributed by atoms with Crippen LogP contribution in [0.1, 0.15) is 91.1 Å². The van der Waals surface area contributed by atoms with Gasteiger partial charge in [-0.3, -0.25) is 24.4 Å². The number of aliphatic hydroxyl groups excluding tert-OH is 2. The van der Waals surface area contributed by atoms with Gasteiger partial charge in [-0.1, -0.05) is 59.8 Å². The summed E-state index contributed by atoms with van der Waals surface area (Å²) in [6.45, 7) is 19.5. The Balaban J connectivity index is 1.53. The molecule has 1 saturated heterocycles. The SMILES string of the molecule is CO[C@@H]1/C=C/O[C@@]2(C)Oc3c(C)c(O)c4c(O)c(c5c(c4c3C2=O)=NC2(CCN(CC(C)C)CC2)N=5)NC(=O)/C(C)=C/C=C/[C@@H](C)[C@H](O)[C@@H](C)[C@H](OC(C)=O)[C@@H](C)[C@@H](O)[C@H]1C. The highest BCUT2D eigenvalue weighted by molar-refractivity contribution is 6.19. The van der Waals surface area contributed by atoms with Crippen molar-refractivity contribution in [3.8, 4) is 17.2 Å². The summed E-state index contributed by atoms with van der Waals surface area (Å²) in [6, 6.07) is 0. The zero-order valence-corrected chi connectivity index (χ0v) is 37.1. The topological polar surface area (TPSA) is 209 Å². The van der Waals surface area contributed by atoms with Gasteiger partial charge in [0, 0.05) is 93.6 Å². The number of carbonyl (C=O) groups is 3. The van der Waals surface area contributed by atoms with Crippen LogP contribution < -0.4 is 20.8 Å². The first-order valence-electron chi connectivity index (χ1n) is 21.2. The Kier molecular flexibility index (Phi) is 13.1. The van der Waals surface area contributed by atoms with E-state index >= 15 is 0 Å². The summed E-state index contributed by atoms with van der Waals surface area (Å²) >= 11 is 0. The number of ketones is 1. The molecule has 1 amide bonds. The zero-order valence-electron chi connectivity index (χ0n) is 37.1. The fourth-order valence-corrected chi connectivity index (χ4v) is 9.20. The third-order valence-corrected chi connectivity index (χ3v) is 12.9. The Labute approximate surface area is 356 Å². The van der Waals surface area contributed by atoms with E-state index in [1.165, 1.54) is 33.3 Å². The summed E-state index contributed by atoms with van der Waals surface area (Å²) in [6.07, 6.45) is 5.03. The molecule has 332 valence electrons. The predicted octanol–water partition coefficient (Wildman–Crippen LogP) is 4.75. The van der Waals surface area contributed by atoms with Crippen LogP contribution in [-0.4, -0.2) is 106 Å². The van der Waals surface area contributed by atoms with E-state index in [9.17, 15) is 34.8 Å². The first-order chi connectivity index (χ1) is 28.6. The van der Waals surface area contributed by atoms with Gasteiger partial charge < -0.3 is 49.6 Å². The molecule has 15 heteroatoms. The second kappa shape index (κ2) is 17.5. The number of allylic oxidation sites excluding steroid dienone is 2. The van der Waals surface area contributed by atoms with Crippen molar-refractivity contribution >= 4 is 34.1 Å². The summed E-state index contributed by atoms with van der Waals surface area (Å²) in [4.78, 5) is 53.6. The summed E-state index contributed by atoms with van der Waals surface area (Å²) in [5.74, 6) is -6.44. The van der Waals surface area contributed by atoms with Gasteiger partial charge in [0.15, 0.2) is 11.4 Å². The molecule has 0 aromatic heterocycles. The second-order valence-corrected chi connectivity index (χ2v) is 18.0. The first-order valence-corrected chi connectivity index (χ1v) is 21.2. The maximum absolute atomic E-state index is 14.7. The number of benzene rings is 2. The molecule has 0 aliphatic carbocycles. The monoisotopic (exact) mass is 846 g/mol. The smallest absolute Gasteiger partial charge is 0.312 e. The molecule has 4 aliphatic heterocycles. The molecule has 4 heterocycles. The molecule has 15 nitrogen and oxygen atoms in total. The molecule has 0 radical (unpaired) electrons. The number of aliphatic hydroxyl groups is 2. The van der Waals surface area contributed by atoms with E-state index in [4.69, 9.17) is 28.9 Å². The number of fused-ring (bicyclic) bond motifs is 1. The van der Waals surface area contributed by atoms with E-state index in [0.717, 1.165) is 6.54 Å². The zero-order chi connectivity index (χ0) is 44.9. The summed E-state index contributed by atoms with van der Waals surface area (Å²) in [7, 11) is 1.46. The minimum Gasteiger partial charge on any atom is -0.507 e. The van der Waals surface area contributed by atoms with Crippen LogP contribution in [0.4, 0.5) is 5.69 Å². The molecule has 6 rings (SSSR count). The van der Waals surface area contributed by atoms with Crippen molar-refractivity contribution in [3.63, 3.8) is 0 Å². The maximum Gasteiger partial charge on any atom is 0.312 e. The van der Waals surface area contributed by atoms with Gasteiger partial charge >= 0.3 is 11.8 Å². The van der Waals surface area contributed by atoms with Crippen LogP contribution in [0.2, 0.25) is 0 Å². The Hall–Kier alpha value is -4.83. The van der Waals surface area contributed by atoms with Crippen LogP contribution in [0.3, 0.4) is 0 Å². The van der Waals surface area contributed by atoms with Crippen molar-refractivity contribution < 1.29 is 53.8 Å². The summed E-state index contributed by atoms with van der Waals surface area (Å²) < 4.78 is 23.8. The van der Waals surface area contributed by atoms with Gasteiger partial charge in [0.05, 0.1) is 40.9 Å². The van der Waals surface area contributed by atoms with Crippen molar-refractivity contribution in [2.45, 2.75) is 118 Å². The average molecular weight is 847 g/mol. The Morgan fingerprint density at radius 2 is 1.61 bits per heavy atom. The molecule has 2 aromatic rings. The molecule has 5 N–H and O–H groups in total. The minimum absolute atomic E-state index is 0.0392. The number of hydrogen-bond donors (Lipinski definition) is 5. The number of amides is 1. The lowest BCUT2D eigenvalue weighted by Crippen LogP contribution is -2.46. The molecule has 0 saturated carbocycles. The second-order valence-electron chi connectivity index (χ2n) is 18.0. The van der Waals surface area contributed by atoms with Gasteiger partial charge in [-0.05, 0) is 25.8 Å². The van der Waals surface area contributed by atoms with Crippen molar-refractivity contribution in [3.05, 3.63) is 58.0 Å². The van der Waals surface area contributed by atoms with E-state index in [1.54, 1.807) is 59.8 Å². The molecular formula is C46H62N4O11. The third-order valence-electron chi connectivity index (χ3n) is 12.9. The fourth-order valence-electron chi connectivity index (χ4n) is 9.20. The third kappa shape index (κ3) is 8.54. The quantitative estimate of drug-likeness (QED) is 0.209. The van der Waals surface area contributed by atoms with Gasteiger partial charge in [-0.25, -0.2) is 0 Å². The molecule has 4 bridgehead atoms. The number of Topliss-reactive ketones (excluding diaryl/α,β-unsaturated/α-hetero) is 1. The van der Waals surface area contributed by atoms with Crippen LogP contribution in [0, 0.1) is 36.5 Å². The Morgan fingerprint density at radius 3 is 2.23 bits per heavy atom. The first kappa shape index (κ1) is 45.7. The molecule has 0 unspecified atom stereocenters. The lowest BCUT2D eigenvalue weighted by Gasteiger charge is -2.38. The lowest BCUT2D eigenvalue weighted by molar-refractivity contribution is -0.161. The molecule has 2 aromatic carbocycles. The fraction of sp³-hybridized carbons (Fsp3) is 0.587. The maximum atomic E-state index is 14.7. The molecule has 1 spiro atoms. The highest BCUT2D eigenvalue weighted by Gasteiger charge is 2.50. The van der Waals surface area contributed by atoms with E-state index in [0.29, 0.717) is 31.8 Å². The summed E-state index contributed by atoms with van der Waals surface area (Å²) in [5.41, 5.74) is -0.571. The number of esters is 1. The molecule has 4 aliphatic rings. The van der Waals surface area contributed by atoms with Gasteiger partial charge in [0.1, 0.15) is 28.6 Å². The number of anilines is 1. The van der Waals surface area contributed by atoms with Crippen molar-refractivity contribution in [1.29, 1.82) is 0 Å². The number of nitrogens with one attached hydrogen (secondary N) is 1. The van der Waals surface area contributed by atoms with E-state index in [2.05, 4.69) is 24.1 Å². The number of aromatic hydroxyl groups is 2. The number of rotatable bonds is 4. The van der Waals surface area contributed by atoms with E-state index in [1.807, 2.05) is 0 Å². The number of phenols is 2. The lowest BCUT2D eigenvalue weighted by atomic mass is 9.78. The number of carbonyl (C=O) groups excluding carboxylic acids is 3. The van der Waals surface area contributed by atoms with Crippen LogP contribution >= 0.6 is 0 Å². The summed E-state index contributed by atoms with van der Waals surface area (Å²) in [5, 5.41) is 50.4. The Bertz CT molecular complexity index is 2300. The average Bonchev–Trinajstić information content (AvgIpc) is 3.71. The van der Waals surface area contributed by atoms with Gasteiger partial charge in [-0.2, -0.15) is 0 Å². The number of nitrogens with zero attached hydrogens (tertiary/aromatic N) is 3. The van der Waals surface area contributed by atoms with Crippen molar-refractivity contribution in [2.75, 3.05) is 32.1 Å². The van der Waals surface area contributed by atoms with Crippen LogP contribution in [-0.2, 0) is 23.8 Å². The number of phenolic OH excluding ortho intramolecular Hbond substituents is 2. The highest BCUT2D eigenvalue weighted by Crippen LogP contribution is 2.50. The molecular weight excluding hydrogens is 785 g/mol. The van der Waals surface area contributed by atoms with E-state index < -0.39 is 82.9 Å². The van der Waals surface area contributed by atoms with Gasteiger partial charge in [0.25, 0.3) is 11.7 Å². The van der Waals surface area contributed by atoms with Crippen LogP contribution in [0.15, 0.2) is 46.1 Å². The van der Waals surface area contributed by atoms with Crippen LogP contribution in [0.25, 0.3) is 10.8 Å². The number of likely N-dealkylation sites (tertiary alicyclic amines) is 1. The Morgan fingerprint density at radius 1 is 0.967 bits per heavy atom. The number of methoxy groups -OCH3 is 1. The molecule has 61 heavy (non-hydrogen) atoms. The molecule has 9 atom stereocenters. The molecule has 1 fully saturated rings. The van der Waals surface area contributed by atoms with Crippen LogP contribution in [0.5, 0.6) is 17.2 Å². The van der Waals surface area contributed by atoms with Gasteiger partial charge in [0.2, 0.25) is 0 Å². The predicted molar refractivity (Wildman–Crippen MR) is 228 cm³/mol. The number of hydrogen-bond acceptors (Lipinski definition) is 14. The van der Waals surface area contributed by atoms with Crippen molar-refractivity contribution in [1.82, 2.24) is 4.90 Å². The number of ether oxygens (including phenoxy) is 4. The van der Waals surface area contributed by atoms with Crippen molar-refractivity contribution in [2.24, 2.45) is 39.6 Å². The van der Waals surface area contributed by atoms with E-state index in [-0.39, 0.29) is 55.4 Å². The highest BCUT2D eigenvalue weighted by atomic mass is 16.7. The standard InChI is InChI=1S/C46H62N4O11/c1-22(2)21-50-18-16-46(17-19-50)48-34-31-32-39(54)28(8)42-33(31)43(56)45(10,61-42)59-20-15-30(58-11)25(5)38(53)27(7)41(60-29(9)51)26(6)37(52)23(3)13-12-14-24(4)44(57)47-36(40(32)55)35(34)49-46/h12-15,20,22-23,25-27,30,37-38,41,52-55H,16-19,21H2,1-11H3,(H,47,57)/b13-12+,20-15+,24-14+/t23-,25+,26-,27+,30-,37+,38+,41+,45+/m1/s1. The number of piperidine rings is 1. The normalized spacial score (nSPS) is 32.7. The largest absolute Gasteiger partial charge is 0.507 e. The minimum atomic E-state index is -1.95. The van der Waals surface area contributed by atoms with Gasteiger partial charge in [-0.15, -0.1) is 0 Å².